The Hall–Kier alpha value is -1.82. The molecule has 1 heterocycles. The van der Waals surface area contributed by atoms with Gasteiger partial charge in [-0.15, -0.1) is 0 Å². The van der Waals surface area contributed by atoms with Crippen LogP contribution >= 0.6 is 0 Å². The van der Waals surface area contributed by atoms with Crippen LogP contribution in [0.25, 0.3) is 11.0 Å². The Labute approximate surface area is 130 Å². The van der Waals surface area contributed by atoms with Crippen molar-refractivity contribution in [2.24, 2.45) is 0 Å². The molecule has 0 saturated heterocycles. The first-order valence-electron chi connectivity index (χ1n) is 7.16. The van der Waals surface area contributed by atoms with E-state index in [-0.39, 0.29) is 5.75 Å². The third-order valence-electron chi connectivity index (χ3n) is 3.40. The van der Waals surface area contributed by atoms with Gasteiger partial charge in [0.25, 0.3) is 0 Å². The van der Waals surface area contributed by atoms with Crippen LogP contribution in [0.5, 0.6) is 0 Å². The largest absolute Gasteiger partial charge is 0.465 e. The minimum absolute atomic E-state index is 0.0704. The third kappa shape index (κ3) is 3.68. The number of fused-ring (bicyclic) bond motifs is 1. The lowest BCUT2D eigenvalue weighted by molar-refractivity contribution is 0.0600. The summed E-state index contributed by atoms with van der Waals surface area (Å²) in [5, 5.41) is 0.610. The molecule has 0 spiro atoms. The minimum atomic E-state index is -3.14. The number of furan rings is 1. The Kier molecular flexibility index (Phi) is 4.90. The Balaban J connectivity index is 2.55. The molecule has 0 N–H and O–H groups in total. The Morgan fingerprint density at radius 2 is 2.05 bits per heavy atom. The summed E-state index contributed by atoms with van der Waals surface area (Å²) in [4.78, 5) is 12.1. The lowest BCUT2D eigenvalue weighted by atomic mass is 10.1. The lowest BCUT2D eigenvalue weighted by Gasteiger charge is -2.02. The zero-order chi connectivity index (χ0) is 16.3. The van der Waals surface area contributed by atoms with Crippen molar-refractivity contribution in [1.29, 1.82) is 0 Å². The van der Waals surface area contributed by atoms with Gasteiger partial charge in [-0.2, -0.15) is 0 Å². The van der Waals surface area contributed by atoms with Crippen LogP contribution in [0.3, 0.4) is 0 Å². The van der Waals surface area contributed by atoms with Gasteiger partial charge in [0.1, 0.15) is 16.9 Å². The van der Waals surface area contributed by atoms with Crippen LogP contribution < -0.4 is 0 Å². The highest BCUT2D eigenvalue weighted by Crippen LogP contribution is 2.29. The quantitative estimate of drug-likeness (QED) is 0.763. The molecule has 0 fully saturated rings. The van der Waals surface area contributed by atoms with Crippen molar-refractivity contribution in [1.82, 2.24) is 0 Å². The third-order valence-corrected chi connectivity index (χ3v) is 4.26. The summed E-state index contributed by atoms with van der Waals surface area (Å²) in [5.74, 6) is 0.0699. The molecular formula is C16H20O5S. The second-order valence-corrected chi connectivity index (χ2v) is 7.54. The van der Waals surface area contributed by atoms with Crippen molar-refractivity contribution < 1.29 is 22.4 Å². The highest BCUT2D eigenvalue weighted by molar-refractivity contribution is 7.89. The predicted molar refractivity (Wildman–Crippen MR) is 84.7 cm³/mol. The van der Waals surface area contributed by atoms with Gasteiger partial charge in [0.05, 0.1) is 12.9 Å². The van der Waals surface area contributed by atoms with Crippen LogP contribution in [0.2, 0.25) is 0 Å². The normalized spacial score (nSPS) is 11.8. The van der Waals surface area contributed by atoms with E-state index in [1.807, 2.05) is 0 Å². The zero-order valence-corrected chi connectivity index (χ0v) is 13.8. The van der Waals surface area contributed by atoms with Crippen molar-refractivity contribution in [3.63, 3.8) is 0 Å². The van der Waals surface area contributed by atoms with Crippen molar-refractivity contribution in [2.45, 2.75) is 31.9 Å². The second-order valence-electron chi connectivity index (χ2n) is 5.40. The summed E-state index contributed by atoms with van der Waals surface area (Å²) in [6, 6.07) is 5.11. The molecule has 0 radical (unpaired) electrons. The number of carbonyl (C=O) groups is 1. The highest BCUT2D eigenvalue weighted by atomic mass is 32.2. The number of carbonyl (C=O) groups excluding carboxylic acids is 1. The van der Waals surface area contributed by atoms with Crippen LogP contribution in [0, 0.1) is 0 Å². The molecule has 0 unspecified atom stereocenters. The molecular weight excluding hydrogens is 304 g/mol. The molecule has 0 atom stereocenters. The summed E-state index contributed by atoms with van der Waals surface area (Å²) in [6.07, 6.45) is 3.72. The fourth-order valence-electron chi connectivity index (χ4n) is 2.43. The van der Waals surface area contributed by atoms with Gasteiger partial charge in [-0.25, -0.2) is 13.2 Å². The van der Waals surface area contributed by atoms with Crippen molar-refractivity contribution >= 4 is 26.8 Å². The smallest absolute Gasteiger partial charge is 0.342 e. The predicted octanol–water partition coefficient (Wildman–Crippen LogP) is 3.11. The van der Waals surface area contributed by atoms with Gasteiger partial charge >= 0.3 is 5.97 Å². The van der Waals surface area contributed by atoms with Gasteiger partial charge in [0.15, 0.2) is 9.84 Å². The summed E-state index contributed by atoms with van der Waals surface area (Å²) in [7, 11) is -1.81. The number of unbranched alkanes of at least 4 members (excludes halogenated alkanes) is 1. The highest BCUT2D eigenvalue weighted by Gasteiger charge is 2.21. The van der Waals surface area contributed by atoms with E-state index in [0.717, 1.165) is 12.8 Å². The Morgan fingerprint density at radius 3 is 2.64 bits per heavy atom. The lowest BCUT2D eigenvalue weighted by Crippen LogP contribution is -2.04. The van der Waals surface area contributed by atoms with Gasteiger partial charge in [-0.1, -0.05) is 19.4 Å². The number of hydrogen-bond acceptors (Lipinski definition) is 5. The van der Waals surface area contributed by atoms with Gasteiger partial charge < -0.3 is 9.15 Å². The maximum absolute atomic E-state index is 12.1. The van der Waals surface area contributed by atoms with E-state index in [2.05, 4.69) is 6.92 Å². The molecule has 0 aliphatic heterocycles. The van der Waals surface area contributed by atoms with Crippen LogP contribution in [0.4, 0.5) is 0 Å². The van der Waals surface area contributed by atoms with Crippen LogP contribution in [-0.2, 0) is 26.7 Å². The minimum Gasteiger partial charge on any atom is -0.465 e. The summed E-state index contributed by atoms with van der Waals surface area (Å²) in [5.41, 5.74) is 1.60. The molecule has 0 bridgehead atoms. The van der Waals surface area contributed by atoms with E-state index < -0.39 is 15.8 Å². The van der Waals surface area contributed by atoms with Gasteiger partial charge in [0.2, 0.25) is 0 Å². The zero-order valence-electron chi connectivity index (χ0n) is 13.0. The van der Waals surface area contributed by atoms with E-state index in [1.54, 1.807) is 18.2 Å². The SMILES string of the molecule is CCCCc1oc2ccc(CS(C)(=O)=O)cc2c1C(=O)OC. The summed E-state index contributed by atoms with van der Waals surface area (Å²) < 4.78 is 33.5. The van der Waals surface area contributed by atoms with E-state index in [9.17, 15) is 13.2 Å². The molecule has 0 amide bonds. The molecule has 0 aliphatic carbocycles. The maximum atomic E-state index is 12.1. The molecule has 0 saturated carbocycles. The number of esters is 1. The first kappa shape index (κ1) is 16.5. The fourth-order valence-corrected chi connectivity index (χ4v) is 3.21. The van der Waals surface area contributed by atoms with Crippen LogP contribution in [0.15, 0.2) is 22.6 Å². The molecule has 22 heavy (non-hydrogen) atoms. The number of methoxy groups -OCH3 is 1. The van der Waals surface area contributed by atoms with Crippen molar-refractivity contribution in [2.75, 3.05) is 13.4 Å². The van der Waals surface area contributed by atoms with E-state index in [1.165, 1.54) is 13.4 Å². The average Bonchev–Trinajstić information content (AvgIpc) is 2.80. The van der Waals surface area contributed by atoms with Crippen LogP contribution in [-0.4, -0.2) is 27.8 Å². The molecule has 5 nitrogen and oxygen atoms in total. The number of sulfone groups is 1. The van der Waals surface area contributed by atoms with Crippen molar-refractivity contribution in [3.8, 4) is 0 Å². The molecule has 1 aromatic carbocycles. The standard InChI is InChI=1S/C16H20O5S/c1-4-5-6-14-15(16(17)20-2)12-9-11(10-22(3,18)19)7-8-13(12)21-14/h7-9H,4-6,10H2,1-3H3. The molecule has 6 heteroatoms. The Bertz CT molecular complexity index is 786. The number of ether oxygens (including phenoxy) is 1. The molecule has 1 aromatic heterocycles. The second kappa shape index (κ2) is 6.52. The molecule has 2 aromatic rings. The van der Waals surface area contributed by atoms with E-state index >= 15 is 0 Å². The van der Waals surface area contributed by atoms with Gasteiger partial charge in [-0.05, 0) is 24.1 Å². The number of rotatable bonds is 6. The molecule has 2 rings (SSSR count). The number of aryl methyl sites for hydroxylation is 1. The number of hydrogen-bond donors (Lipinski definition) is 0. The summed E-state index contributed by atoms with van der Waals surface area (Å²) >= 11 is 0. The first-order chi connectivity index (χ1) is 10.4. The molecule has 120 valence electrons. The average molecular weight is 324 g/mol. The first-order valence-corrected chi connectivity index (χ1v) is 9.22. The fraction of sp³-hybridized carbons (Fsp3) is 0.438. The summed E-state index contributed by atoms with van der Waals surface area (Å²) in [6.45, 7) is 2.06. The Morgan fingerprint density at radius 1 is 1.32 bits per heavy atom. The van der Waals surface area contributed by atoms with E-state index in [4.69, 9.17) is 9.15 Å². The van der Waals surface area contributed by atoms with Gasteiger partial charge in [-0.3, -0.25) is 0 Å². The topological polar surface area (TPSA) is 73.6 Å². The van der Waals surface area contributed by atoms with Gasteiger partial charge in [0, 0.05) is 18.1 Å². The van der Waals surface area contributed by atoms with E-state index in [0.29, 0.717) is 34.3 Å². The number of benzene rings is 1. The monoisotopic (exact) mass is 324 g/mol. The maximum Gasteiger partial charge on any atom is 0.342 e. The van der Waals surface area contributed by atoms with Crippen LogP contribution in [0.1, 0.15) is 41.4 Å². The van der Waals surface area contributed by atoms with Crippen molar-refractivity contribution in [3.05, 3.63) is 35.1 Å². The molecule has 0 aliphatic rings.